The molecule has 1 aliphatic rings. The van der Waals surface area contributed by atoms with Crippen LogP contribution in [-0.4, -0.2) is 59.9 Å². The highest BCUT2D eigenvalue weighted by atomic mass is 16.5. The maximum Gasteiger partial charge on any atom is 0.271 e. The Balaban J connectivity index is 2.00. The Morgan fingerprint density at radius 3 is 2.61 bits per heavy atom. The van der Waals surface area contributed by atoms with E-state index in [1.165, 1.54) is 12.1 Å². The van der Waals surface area contributed by atoms with E-state index in [-0.39, 0.29) is 17.2 Å². The first-order valence-corrected chi connectivity index (χ1v) is 8.31. The average Bonchev–Trinajstić information content (AvgIpc) is 2.59. The van der Waals surface area contributed by atoms with E-state index in [0.29, 0.717) is 18.5 Å². The van der Waals surface area contributed by atoms with Crippen LogP contribution >= 0.6 is 0 Å². The molecular weight excluding hydrogens is 296 g/mol. The molecule has 0 unspecified atom stereocenters. The number of carbonyl (C=O) groups is 1. The molecule has 1 aromatic heterocycles. The van der Waals surface area contributed by atoms with Gasteiger partial charge < -0.3 is 10.1 Å². The Morgan fingerprint density at radius 1 is 1.35 bits per heavy atom. The van der Waals surface area contributed by atoms with E-state index in [1.807, 2.05) is 0 Å². The summed E-state index contributed by atoms with van der Waals surface area (Å²) in [4.78, 5) is 25.6. The molecule has 0 saturated carbocycles. The summed E-state index contributed by atoms with van der Waals surface area (Å²) in [7, 11) is 0. The Kier molecular flexibility index (Phi) is 6.73. The summed E-state index contributed by atoms with van der Waals surface area (Å²) in [5.74, 6) is 0.266. The molecule has 7 nitrogen and oxygen atoms in total. The van der Waals surface area contributed by atoms with Gasteiger partial charge in [0.15, 0.2) is 0 Å². The highest BCUT2D eigenvalue weighted by Gasteiger charge is 2.27. The molecule has 1 saturated heterocycles. The van der Waals surface area contributed by atoms with Gasteiger partial charge >= 0.3 is 0 Å². The summed E-state index contributed by atoms with van der Waals surface area (Å²) < 4.78 is 5.43. The molecule has 0 aliphatic carbocycles. The van der Waals surface area contributed by atoms with Crippen molar-refractivity contribution in [1.82, 2.24) is 20.4 Å². The molecule has 7 heteroatoms. The molecule has 0 bridgehead atoms. The van der Waals surface area contributed by atoms with E-state index in [1.54, 1.807) is 0 Å². The van der Waals surface area contributed by atoms with Crippen LogP contribution in [0.4, 0.5) is 0 Å². The van der Waals surface area contributed by atoms with Crippen LogP contribution in [0.5, 0.6) is 0 Å². The van der Waals surface area contributed by atoms with Crippen LogP contribution < -0.4 is 10.9 Å². The number of H-pyrrole nitrogens is 1. The number of morpholine rings is 1. The predicted molar refractivity (Wildman–Crippen MR) is 87.4 cm³/mol. The Morgan fingerprint density at radius 2 is 2.04 bits per heavy atom. The molecule has 2 heterocycles. The Labute approximate surface area is 136 Å². The van der Waals surface area contributed by atoms with Crippen molar-refractivity contribution in [3.8, 4) is 0 Å². The van der Waals surface area contributed by atoms with E-state index in [4.69, 9.17) is 4.74 Å². The van der Waals surface area contributed by atoms with Gasteiger partial charge in [0.1, 0.15) is 5.69 Å². The van der Waals surface area contributed by atoms with E-state index in [2.05, 4.69) is 34.3 Å². The fourth-order valence-corrected chi connectivity index (χ4v) is 3.09. The number of hydrogen-bond acceptors (Lipinski definition) is 5. The minimum atomic E-state index is -0.315. The highest BCUT2D eigenvalue weighted by molar-refractivity contribution is 5.91. The number of ether oxygens (including phenoxy) is 1. The number of aromatic amines is 1. The molecular formula is C16H26N4O3. The lowest BCUT2D eigenvalue weighted by Gasteiger charge is -2.38. The van der Waals surface area contributed by atoms with Crippen LogP contribution in [0.3, 0.4) is 0 Å². The second-order valence-corrected chi connectivity index (χ2v) is 5.81. The number of rotatable bonds is 7. The predicted octanol–water partition coefficient (Wildman–Crippen LogP) is 0.637. The lowest BCUT2D eigenvalue weighted by Crippen LogP contribution is -2.52. The topological polar surface area (TPSA) is 87.3 Å². The molecule has 2 N–H and O–H groups in total. The molecule has 1 fully saturated rings. The Bertz CT molecular complexity index is 530. The molecule has 1 aliphatic heterocycles. The van der Waals surface area contributed by atoms with Crippen LogP contribution in [0, 0.1) is 5.92 Å². The second kappa shape index (κ2) is 8.79. The normalized spacial score (nSPS) is 17.2. The van der Waals surface area contributed by atoms with Crippen molar-refractivity contribution in [2.45, 2.75) is 32.7 Å². The first-order valence-electron chi connectivity index (χ1n) is 8.31. The van der Waals surface area contributed by atoms with E-state index in [0.717, 1.165) is 39.1 Å². The third-order valence-corrected chi connectivity index (χ3v) is 4.49. The van der Waals surface area contributed by atoms with Gasteiger partial charge in [-0.05, 0) is 12.0 Å². The lowest BCUT2D eigenvalue weighted by molar-refractivity contribution is 0.00190. The van der Waals surface area contributed by atoms with Crippen molar-refractivity contribution in [3.05, 3.63) is 28.2 Å². The molecule has 0 radical (unpaired) electrons. The van der Waals surface area contributed by atoms with Crippen molar-refractivity contribution < 1.29 is 9.53 Å². The standard InChI is InChI=1S/C16H26N4O3/c1-3-12(4-2)14(20-7-9-23-10-8-20)11-17-16(22)13-5-6-15(21)19-18-13/h5-6,12,14H,3-4,7-11H2,1-2H3,(H,17,22)(H,19,21)/t14-/m0/s1. The maximum absolute atomic E-state index is 12.2. The first kappa shape index (κ1) is 17.6. The van der Waals surface area contributed by atoms with Crippen molar-refractivity contribution in [3.63, 3.8) is 0 Å². The zero-order valence-corrected chi connectivity index (χ0v) is 13.9. The van der Waals surface area contributed by atoms with E-state index < -0.39 is 0 Å². The lowest BCUT2D eigenvalue weighted by atomic mass is 9.92. The molecule has 1 aromatic rings. The zero-order chi connectivity index (χ0) is 16.7. The van der Waals surface area contributed by atoms with Gasteiger partial charge in [-0.25, -0.2) is 5.10 Å². The molecule has 1 amide bonds. The van der Waals surface area contributed by atoms with Crippen LogP contribution in [0.1, 0.15) is 37.2 Å². The third-order valence-electron chi connectivity index (χ3n) is 4.49. The van der Waals surface area contributed by atoms with Crippen LogP contribution in [0.15, 0.2) is 16.9 Å². The minimum Gasteiger partial charge on any atom is -0.379 e. The number of hydrogen-bond donors (Lipinski definition) is 2. The van der Waals surface area contributed by atoms with Gasteiger partial charge in [-0.15, -0.1) is 0 Å². The van der Waals surface area contributed by atoms with Crippen molar-refractivity contribution in [2.24, 2.45) is 5.92 Å². The van der Waals surface area contributed by atoms with E-state index in [9.17, 15) is 9.59 Å². The average molecular weight is 322 g/mol. The Hall–Kier alpha value is -1.73. The molecule has 2 rings (SSSR count). The molecule has 1 atom stereocenters. The number of amides is 1. The number of nitrogens with one attached hydrogen (secondary N) is 2. The van der Waals surface area contributed by atoms with Gasteiger partial charge in [-0.2, -0.15) is 5.10 Å². The second-order valence-electron chi connectivity index (χ2n) is 5.81. The summed E-state index contributed by atoms with van der Waals surface area (Å²) in [5, 5.41) is 9.01. The number of aromatic nitrogens is 2. The fraction of sp³-hybridized carbons (Fsp3) is 0.688. The molecule has 23 heavy (non-hydrogen) atoms. The van der Waals surface area contributed by atoms with Crippen molar-refractivity contribution >= 4 is 5.91 Å². The molecule has 0 aromatic carbocycles. The van der Waals surface area contributed by atoms with Crippen LogP contribution in [0.25, 0.3) is 0 Å². The maximum atomic E-state index is 12.2. The zero-order valence-electron chi connectivity index (χ0n) is 13.9. The largest absolute Gasteiger partial charge is 0.379 e. The smallest absolute Gasteiger partial charge is 0.271 e. The number of carbonyl (C=O) groups excluding carboxylic acids is 1. The van der Waals surface area contributed by atoms with Crippen LogP contribution in [-0.2, 0) is 4.74 Å². The monoisotopic (exact) mass is 322 g/mol. The van der Waals surface area contributed by atoms with E-state index >= 15 is 0 Å². The van der Waals surface area contributed by atoms with Gasteiger partial charge in [0.05, 0.1) is 13.2 Å². The van der Waals surface area contributed by atoms with Gasteiger partial charge in [-0.3, -0.25) is 14.5 Å². The summed E-state index contributed by atoms with van der Waals surface area (Å²) in [6.07, 6.45) is 2.15. The fourth-order valence-electron chi connectivity index (χ4n) is 3.09. The quantitative estimate of drug-likeness (QED) is 0.769. The van der Waals surface area contributed by atoms with Gasteiger partial charge in [0.2, 0.25) is 0 Å². The minimum absolute atomic E-state index is 0.231. The summed E-state index contributed by atoms with van der Waals surface area (Å²) in [6, 6.07) is 3.04. The third kappa shape index (κ3) is 4.87. The number of nitrogens with zero attached hydrogens (tertiary/aromatic N) is 2. The van der Waals surface area contributed by atoms with Gasteiger partial charge in [-0.1, -0.05) is 26.7 Å². The van der Waals surface area contributed by atoms with Gasteiger partial charge in [0, 0.05) is 31.7 Å². The molecule has 0 spiro atoms. The highest BCUT2D eigenvalue weighted by Crippen LogP contribution is 2.19. The molecule has 128 valence electrons. The first-order chi connectivity index (χ1) is 11.2. The van der Waals surface area contributed by atoms with Crippen molar-refractivity contribution in [1.29, 1.82) is 0 Å². The summed E-state index contributed by atoms with van der Waals surface area (Å²) in [6.45, 7) is 8.23. The van der Waals surface area contributed by atoms with Crippen LogP contribution in [0.2, 0.25) is 0 Å². The van der Waals surface area contributed by atoms with Gasteiger partial charge in [0.25, 0.3) is 11.5 Å². The SMILES string of the molecule is CCC(CC)[C@H](CNC(=O)c1ccc(=O)[nH]n1)N1CCOCC1. The van der Waals surface area contributed by atoms with Crippen molar-refractivity contribution in [2.75, 3.05) is 32.8 Å². The summed E-state index contributed by atoms with van der Waals surface area (Å²) >= 11 is 0. The summed E-state index contributed by atoms with van der Waals surface area (Å²) in [5.41, 5.74) is -0.0837.